The Labute approximate surface area is 72.7 Å². The standard InChI is InChI=1S/C9H16O3/c1-7(6-9(10)11)8-4-2-3-5-12-8/h7-8H,2-6H2,1H3,(H,10,11)/t7?,8-/m0/s1. The van der Waals surface area contributed by atoms with Gasteiger partial charge in [0.15, 0.2) is 0 Å². The molecule has 1 aliphatic rings. The Hall–Kier alpha value is -0.570. The molecule has 0 aromatic heterocycles. The van der Waals surface area contributed by atoms with Gasteiger partial charge in [0, 0.05) is 6.61 Å². The fraction of sp³-hybridized carbons (Fsp3) is 0.889. The molecule has 3 heteroatoms. The largest absolute Gasteiger partial charge is 0.481 e. The lowest BCUT2D eigenvalue weighted by molar-refractivity contribution is -0.139. The van der Waals surface area contributed by atoms with Crippen LogP contribution >= 0.6 is 0 Å². The summed E-state index contributed by atoms with van der Waals surface area (Å²) in [6, 6.07) is 0. The molecule has 12 heavy (non-hydrogen) atoms. The third-order valence-electron chi connectivity index (χ3n) is 2.35. The van der Waals surface area contributed by atoms with Crippen molar-refractivity contribution in [3.63, 3.8) is 0 Å². The molecule has 0 radical (unpaired) electrons. The molecule has 1 fully saturated rings. The topological polar surface area (TPSA) is 46.5 Å². The molecule has 2 atom stereocenters. The monoisotopic (exact) mass is 172 g/mol. The minimum atomic E-state index is -0.725. The summed E-state index contributed by atoms with van der Waals surface area (Å²) in [5, 5.41) is 8.56. The van der Waals surface area contributed by atoms with Crippen LogP contribution in [0.4, 0.5) is 0 Å². The maximum absolute atomic E-state index is 10.4. The first-order valence-corrected chi connectivity index (χ1v) is 4.53. The van der Waals surface area contributed by atoms with Crippen LogP contribution < -0.4 is 0 Å². The average molecular weight is 172 g/mol. The first kappa shape index (κ1) is 9.52. The Morgan fingerprint density at radius 2 is 2.42 bits per heavy atom. The normalized spacial score (nSPS) is 26.6. The van der Waals surface area contributed by atoms with Crippen molar-refractivity contribution in [1.82, 2.24) is 0 Å². The highest BCUT2D eigenvalue weighted by atomic mass is 16.5. The van der Waals surface area contributed by atoms with Gasteiger partial charge in [0.1, 0.15) is 0 Å². The molecular formula is C9H16O3. The lowest BCUT2D eigenvalue weighted by Crippen LogP contribution is -2.27. The zero-order chi connectivity index (χ0) is 8.97. The molecule has 1 rings (SSSR count). The maximum Gasteiger partial charge on any atom is 0.303 e. The molecule has 1 saturated heterocycles. The number of hydrogen-bond donors (Lipinski definition) is 1. The van der Waals surface area contributed by atoms with Crippen LogP contribution in [-0.2, 0) is 9.53 Å². The highest BCUT2D eigenvalue weighted by Gasteiger charge is 2.22. The predicted octanol–water partition coefficient (Wildman–Crippen LogP) is 1.67. The first-order valence-electron chi connectivity index (χ1n) is 4.53. The molecule has 0 amide bonds. The second kappa shape index (κ2) is 4.45. The van der Waals surface area contributed by atoms with Crippen molar-refractivity contribution >= 4 is 5.97 Å². The molecule has 1 heterocycles. The van der Waals surface area contributed by atoms with Gasteiger partial charge in [-0.15, -0.1) is 0 Å². The van der Waals surface area contributed by atoms with E-state index in [9.17, 15) is 4.79 Å². The van der Waals surface area contributed by atoms with Crippen LogP contribution in [0, 0.1) is 5.92 Å². The van der Waals surface area contributed by atoms with Crippen LogP contribution in [0.2, 0.25) is 0 Å². The molecule has 0 bridgehead atoms. The molecule has 1 unspecified atom stereocenters. The number of ether oxygens (including phenoxy) is 1. The molecule has 0 saturated carbocycles. The lowest BCUT2D eigenvalue weighted by Gasteiger charge is -2.27. The second-order valence-electron chi connectivity index (χ2n) is 3.48. The van der Waals surface area contributed by atoms with Crippen molar-refractivity contribution < 1.29 is 14.6 Å². The second-order valence-corrected chi connectivity index (χ2v) is 3.48. The minimum absolute atomic E-state index is 0.155. The highest BCUT2D eigenvalue weighted by molar-refractivity contribution is 5.67. The number of carbonyl (C=O) groups is 1. The summed E-state index contributed by atoms with van der Waals surface area (Å²) in [5.74, 6) is -0.570. The van der Waals surface area contributed by atoms with Gasteiger partial charge in [0.2, 0.25) is 0 Å². The van der Waals surface area contributed by atoms with Crippen LogP contribution in [0.25, 0.3) is 0 Å². The van der Waals surface area contributed by atoms with Crippen LogP contribution in [0.5, 0.6) is 0 Å². The number of hydrogen-bond acceptors (Lipinski definition) is 2. The van der Waals surface area contributed by atoms with Gasteiger partial charge in [-0.05, 0) is 25.2 Å². The van der Waals surface area contributed by atoms with Gasteiger partial charge in [0.25, 0.3) is 0 Å². The van der Waals surface area contributed by atoms with E-state index in [-0.39, 0.29) is 18.4 Å². The molecule has 1 aliphatic heterocycles. The average Bonchev–Trinajstić information content (AvgIpc) is 2.05. The summed E-state index contributed by atoms with van der Waals surface area (Å²) >= 11 is 0. The van der Waals surface area contributed by atoms with E-state index in [1.807, 2.05) is 6.92 Å². The number of carboxylic acids is 1. The highest BCUT2D eigenvalue weighted by Crippen LogP contribution is 2.21. The van der Waals surface area contributed by atoms with Gasteiger partial charge < -0.3 is 9.84 Å². The van der Waals surface area contributed by atoms with E-state index < -0.39 is 5.97 Å². The van der Waals surface area contributed by atoms with Crippen molar-refractivity contribution in [1.29, 1.82) is 0 Å². The van der Waals surface area contributed by atoms with Gasteiger partial charge in [-0.1, -0.05) is 6.92 Å². The van der Waals surface area contributed by atoms with E-state index in [4.69, 9.17) is 9.84 Å². The quantitative estimate of drug-likeness (QED) is 0.704. The SMILES string of the molecule is CC(CC(=O)O)[C@@H]1CCCCO1. The third kappa shape index (κ3) is 2.81. The Bertz CT molecular complexity index is 150. The Morgan fingerprint density at radius 3 is 2.92 bits per heavy atom. The molecule has 3 nitrogen and oxygen atoms in total. The molecule has 1 N–H and O–H groups in total. The molecule has 0 aromatic rings. The van der Waals surface area contributed by atoms with Gasteiger partial charge in [0.05, 0.1) is 12.5 Å². The smallest absolute Gasteiger partial charge is 0.303 e. The van der Waals surface area contributed by atoms with Crippen LogP contribution in [-0.4, -0.2) is 23.8 Å². The van der Waals surface area contributed by atoms with Gasteiger partial charge in [-0.3, -0.25) is 4.79 Å². The lowest BCUT2D eigenvalue weighted by atomic mass is 9.95. The van der Waals surface area contributed by atoms with E-state index in [2.05, 4.69) is 0 Å². The van der Waals surface area contributed by atoms with Crippen LogP contribution in [0.15, 0.2) is 0 Å². The Morgan fingerprint density at radius 1 is 1.67 bits per heavy atom. The molecular weight excluding hydrogens is 156 g/mol. The van der Waals surface area contributed by atoms with Gasteiger partial charge in [-0.25, -0.2) is 0 Å². The Kier molecular flexibility index (Phi) is 3.53. The summed E-state index contributed by atoms with van der Waals surface area (Å²) in [4.78, 5) is 10.4. The number of carboxylic acid groups (broad SMARTS) is 1. The molecule has 70 valence electrons. The van der Waals surface area contributed by atoms with E-state index in [1.165, 1.54) is 6.42 Å². The number of rotatable bonds is 3. The van der Waals surface area contributed by atoms with Crippen molar-refractivity contribution in [2.75, 3.05) is 6.61 Å². The summed E-state index contributed by atoms with van der Waals surface area (Å²) < 4.78 is 5.48. The summed E-state index contributed by atoms with van der Waals surface area (Å²) in [6.45, 7) is 2.75. The van der Waals surface area contributed by atoms with E-state index >= 15 is 0 Å². The zero-order valence-corrected chi connectivity index (χ0v) is 7.45. The summed E-state index contributed by atoms with van der Waals surface area (Å²) in [6.07, 6.45) is 3.72. The first-order chi connectivity index (χ1) is 5.70. The van der Waals surface area contributed by atoms with Crippen LogP contribution in [0.1, 0.15) is 32.6 Å². The maximum atomic E-state index is 10.4. The zero-order valence-electron chi connectivity index (χ0n) is 7.45. The van der Waals surface area contributed by atoms with Crippen molar-refractivity contribution in [3.8, 4) is 0 Å². The van der Waals surface area contributed by atoms with Crippen LogP contribution in [0.3, 0.4) is 0 Å². The third-order valence-corrected chi connectivity index (χ3v) is 2.35. The van der Waals surface area contributed by atoms with Crippen molar-refractivity contribution in [2.45, 2.75) is 38.7 Å². The van der Waals surface area contributed by atoms with Crippen molar-refractivity contribution in [2.24, 2.45) is 5.92 Å². The van der Waals surface area contributed by atoms with Crippen molar-refractivity contribution in [3.05, 3.63) is 0 Å². The molecule has 0 aliphatic carbocycles. The fourth-order valence-corrected chi connectivity index (χ4v) is 1.62. The minimum Gasteiger partial charge on any atom is -0.481 e. The van der Waals surface area contributed by atoms with Gasteiger partial charge >= 0.3 is 5.97 Å². The predicted molar refractivity (Wildman–Crippen MR) is 45.0 cm³/mol. The molecule has 0 spiro atoms. The summed E-state index contributed by atoms with van der Waals surface area (Å²) in [5.41, 5.74) is 0. The summed E-state index contributed by atoms with van der Waals surface area (Å²) in [7, 11) is 0. The molecule has 0 aromatic carbocycles. The van der Waals surface area contributed by atoms with E-state index in [1.54, 1.807) is 0 Å². The van der Waals surface area contributed by atoms with Gasteiger partial charge in [-0.2, -0.15) is 0 Å². The Balaban J connectivity index is 2.29. The van der Waals surface area contributed by atoms with E-state index in [0.29, 0.717) is 0 Å². The number of aliphatic carboxylic acids is 1. The fourth-order valence-electron chi connectivity index (χ4n) is 1.62. The van der Waals surface area contributed by atoms with E-state index in [0.717, 1.165) is 19.4 Å².